The van der Waals surface area contributed by atoms with E-state index in [4.69, 9.17) is 9.97 Å². The first-order chi connectivity index (χ1) is 16.1. The first-order valence-electron chi connectivity index (χ1n) is 12.0. The van der Waals surface area contributed by atoms with Gasteiger partial charge < -0.3 is 20.4 Å². The Balaban J connectivity index is 2.39. The molecule has 0 aliphatic rings. The highest BCUT2D eigenvalue weighted by Gasteiger charge is 2.22. The summed E-state index contributed by atoms with van der Waals surface area (Å²) in [5.41, 5.74) is 0. The van der Waals surface area contributed by atoms with Crippen LogP contribution in [0.2, 0.25) is 0 Å². The van der Waals surface area contributed by atoms with Crippen LogP contribution in [0.5, 0.6) is 0 Å². The van der Waals surface area contributed by atoms with Crippen molar-refractivity contribution in [3.05, 3.63) is 0 Å². The summed E-state index contributed by atoms with van der Waals surface area (Å²) in [4.78, 5) is 32.4. The molecule has 0 unspecified atom stereocenters. The van der Waals surface area contributed by atoms with Crippen molar-refractivity contribution >= 4 is 45.4 Å². The van der Waals surface area contributed by atoms with Gasteiger partial charge in [0, 0.05) is 37.3 Å². The smallest absolute Gasteiger partial charge is 0.231 e. The fraction of sp³-hybridized carbons (Fsp3) is 0.727. The van der Waals surface area contributed by atoms with Crippen LogP contribution in [-0.4, -0.2) is 67.2 Å². The molecule has 34 heavy (non-hydrogen) atoms. The largest absolute Gasteiger partial charge is 0.354 e. The topological polar surface area (TPSA) is 108 Å². The maximum absolute atomic E-state index is 4.75. The summed E-state index contributed by atoms with van der Waals surface area (Å²) >= 11 is 0. The number of hydrogen-bond acceptors (Lipinski definition) is 12. The van der Waals surface area contributed by atoms with E-state index in [1.54, 1.807) is 0 Å². The van der Waals surface area contributed by atoms with Gasteiger partial charge in [-0.15, -0.1) is 0 Å². The molecule has 2 heterocycles. The van der Waals surface area contributed by atoms with Gasteiger partial charge in [0.25, 0.3) is 0 Å². The lowest BCUT2D eigenvalue weighted by molar-refractivity contribution is 0.585. The summed E-state index contributed by atoms with van der Waals surface area (Å²) in [6, 6.07) is 1.03. The van der Waals surface area contributed by atoms with Gasteiger partial charge in [0.05, 0.1) is 0 Å². The minimum Gasteiger partial charge on any atom is -0.354 e. The van der Waals surface area contributed by atoms with Crippen LogP contribution in [0.25, 0.3) is 0 Å². The third-order valence-electron chi connectivity index (χ3n) is 4.75. The van der Waals surface area contributed by atoms with Crippen molar-refractivity contribution in [3.8, 4) is 0 Å². The Bertz CT molecular complexity index is 818. The van der Waals surface area contributed by atoms with Gasteiger partial charge >= 0.3 is 0 Å². The Kier molecular flexibility index (Phi) is 10.9. The summed E-state index contributed by atoms with van der Waals surface area (Å²) in [5.74, 6) is 2.46. The molecule has 2 N–H and O–H groups in total. The summed E-state index contributed by atoms with van der Waals surface area (Å²) < 4.78 is 0. The lowest BCUT2D eigenvalue weighted by Gasteiger charge is -2.31. The average Bonchev–Trinajstić information content (AvgIpc) is 2.71. The van der Waals surface area contributed by atoms with Gasteiger partial charge in [-0.05, 0) is 90.8 Å². The fourth-order valence-electron chi connectivity index (χ4n) is 3.66. The molecule has 0 bridgehead atoms. The van der Waals surface area contributed by atoms with Crippen LogP contribution in [0.15, 0.2) is 10.3 Å². The van der Waals surface area contributed by atoms with E-state index in [0.717, 1.165) is 13.1 Å². The van der Waals surface area contributed by atoms with Crippen LogP contribution in [0.1, 0.15) is 69.2 Å². The third-order valence-corrected chi connectivity index (χ3v) is 6.64. The molecule has 190 valence electrons. The predicted octanol–water partition coefficient (Wildman–Crippen LogP) is 4.97. The van der Waals surface area contributed by atoms with Gasteiger partial charge in [-0.3, -0.25) is 0 Å². The second-order valence-electron chi connectivity index (χ2n) is 8.90. The molecule has 0 atom stereocenters. The number of anilines is 4. The first kappa shape index (κ1) is 28.2. The van der Waals surface area contributed by atoms with E-state index >= 15 is 0 Å². The standard InChI is InChI=1S/C22H40N10S2/c1-11-23-17-25-19(31(13(3)4)14(5)6)29-21(27-17)33-34-22-28-18(24-12-2)26-20(30-22)32(15(7)8)16(9)10/h13-16H,11-12H2,1-10H3,(H,23,25,27,29)(H,24,26,28,30). The number of aromatic nitrogens is 6. The molecule has 0 aromatic carbocycles. The van der Waals surface area contributed by atoms with Crippen molar-refractivity contribution in [3.63, 3.8) is 0 Å². The van der Waals surface area contributed by atoms with Crippen LogP contribution >= 0.6 is 21.6 Å². The Morgan fingerprint density at radius 1 is 0.559 bits per heavy atom. The lowest BCUT2D eigenvalue weighted by Crippen LogP contribution is -2.38. The second-order valence-corrected chi connectivity index (χ2v) is 11.0. The highest BCUT2D eigenvalue weighted by atomic mass is 33.1. The molecule has 0 aliphatic carbocycles. The van der Waals surface area contributed by atoms with E-state index in [1.807, 2.05) is 13.8 Å². The Morgan fingerprint density at radius 2 is 0.882 bits per heavy atom. The quantitative estimate of drug-likeness (QED) is 0.357. The molecule has 2 rings (SSSR count). The average molecular weight is 509 g/mol. The predicted molar refractivity (Wildman–Crippen MR) is 145 cm³/mol. The Hall–Kier alpha value is -2.08. The molecule has 0 spiro atoms. The zero-order valence-electron chi connectivity index (χ0n) is 22.1. The zero-order chi connectivity index (χ0) is 25.4. The van der Waals surface area contributed by atoms with Crippen LogP contribution in [-0.2, 0) is 0 Å². The minimum atomic E-state index is 0.259. The maximum atomic E-state index is 4.75. The summed E-state index contributed by atoms with van der Waals surface area (Å²) in [5, 5.41) is 7.66. The second kappa shape index (κ2) is 13.1. The zero-order valence-corrected chi connectivity index (χ0v) is 23.8. The van der Waals surface area contributed by atoms with Crippen LogP contribution in [0, 0.1) is 0 Å². The maximum Gasteiger partial charge on any atom is 0.231 e. The lowest BCUT2D eigenvalue weighted by atomic mass is 10.2. The Morgan fingerprint density at radius 3 is 1.15 bits per heavy atom. The summed E-state index contributed by atoms with van der Waals surface area (Å²) in [7, 11) is 2.84. The molecular weight excluding hydrogens is 468 g/mol. The monoisotopic (exact) mass is 508 g/mol. The normalized spacial score (nSPS) is 11.6. The highest BCUT2D eigenvalue weighted by molar-refractivity contribution is 8.76. The molecule has 12 heteroatoms. The third kappa shape index (κ3) is 7.72. The fourth-order valence-corrected chi connectivity index (χ4v) is 5.19. The molecule has 0 radical (unpaired) electrons. The van der Waals surface area contributed by atoms with E-state index in [2.05, 4.69) is 95.8 Å². The SMILES string of the molecule is CCNc1nc(SSc2nc(NCC)nc(N(C(C)C)C(C)C)n2)nc(N(C(C)C)C(C)C)n1. The highest BCUT2D eigenvalue weighted by Crippen LogP contribution is 2.36. The number of nitrogens with zero attached hydrogens (tertiary/aromatic N) is 8. The molecular formula is C22H40N10S2. The van der Waals surface area contributed by atoms with Gasteiger partial charge in [0.2, 0.25) is 34.1 Å². The van der Waals surface area contributed by atoms with Crippen molar-refractivity contribution in [2.24, 2.45) is 0 Å². The summed E-state index contributed by atoms with van der Waals surface area (Å²) in [6.45, 7) is 22.6. The van der Waals surface area contributed by atoms with E-state index in [-0.39, 0.29) is 24.2 Å². The van der Waals surface area contributed by atoms with Gasteiger partial charge in [-0.25, -0.2) is 0 Å². The summed E-state index contributed by atoms with van der Waals surface area (Å²) in [6.07, 6.45) is 0. The number of hydrogen-bond donors (Lipinski definition) is 2. The molecule has 10 nitrogen and oxygen atoms in total. The molecule has 0 aliphatic heterocycles. The minimum absolute atomic E-state index is 0.259. The van der Waals surface area contributed by atoms with E-state index in [9.17, 15) is 0 Å². The molecule has 0 saturated carbocycles. The van der Waals surface area contributed by atoms with Crippen LogP contribution < -0.4 is 20.4 Å². The molecule has 2 aromatic heterocycles. The van der Waals surface area contributed by atoms with E-state index in [1.165, 1.54) is 21.6 Å². The van der Waals surface area contributed by atoms with Crippen LogP contribution in [0.4, 0.5) is 23.8 Å². The van der Waals surface area contributed by atoms with Crippen LogP contribution in [0.3, 0.4) is 0 Å². The molecule has 0 saturated heterocycles. The van der Waals surface area contributed by atoms with Gasteiger partial charge in [0.1, 0.15) is 0 Å². The van der Waals surface area contributed by atoms with Gasteiger partial charge in [0.15, 0.2) is 0 Å². The van der Waals surface area contributed by atoms with E-state index < -0.39 is 0 Å². The van der Waals surface area contributed by atoms with Crippen molar-refractivity contribution < 1.29 is 0 Å². The molecule has 0 fully saturated rings. The first-order valence-corrected chi connectivity index (χ1v) is 14.1. The van der Waals surface area contributed by atoms with Gasteiger partial charge in [-0.2, -0.15) is 29.9 Å². The van der Waals surface area contributed by atoms with Crippen molar-refractivity contribution in [1.82, 2.24) is 29.9 Å². The number of rotatable bonds is 13. The van der Waals surface area contributed by atoms with Gasteiger partial charge in [-0.1, -0.05) is 0 Å². The molecule has 2 aromatic rings. The van der Waals surface area contributed by atoms with Crippen molar-refractivity contribution in [1.29, 1.82) is 0 Å². The van der Waals surface area contributed by atoms with E-state index in [0.29, 0.717) is 34.1 Å². The molecule has 0 amide bonds. The Labute approximate surface area is 212 Å². The van der Waals surface area contributed by atoms with Crippen molar-refractivity contribution in [2.75, 3.05) is 33.5 Å². The van der Waals surface area contributed by atoms with Crippen molar-refractivity contribution in [2.45, 2.75) is 104 Å². The number of nitrogens with one attached hydrogen (secondary N) is 2.